The molecule has 6 rings (SSSR count). The van der Waals surface area contributed by atoms with Gasteiger partial charge >= 0.3 is 0 Å². The number of rotatable bonds is 12. The molecule has 0 radical (unpaired) electrons. The summed E-state index contributed by atoms with van der Waals surface area (Å²) >= 11 is 2.72. The number of hydrogen-bond donors (Lipinski definition) is 1. The van der Waals surface area contributed by atoms with Crippen LogP contribution in [0.1, 0.15) is 39.1 Å². The Hall–Kier alpha value is -5.21. The molecule has 1 N–H and O–H groups in total. The number of thioether (sulfide) groups is 1. The molecule has 0 spiro atoms. The SMILES string of the molecule is COc1cccc(C(=O)NCc2nnc(SCC(=O)N3N=C(c4cccs4)C[C@H]3c3cccc(OC)c3OC)n2-c2ccc(F)cc2)c1. The Morgan fingerprint density at radius 3 is 2.52 bits per heavy atom. The van der Waals surface area contributed by atoms with Crippen LogP contribution >= 0.6 is 23.1 Å². The molecule has 0 unspecified atom stereocenters. The van der Waals surface area contributed by atoms with Crippen molar-refractivity contribution in [2.24, 2.45) is 5.10 Å². The van der Waals surface area contributed by atoms with Crippen molar-refractivity contribution in [1.29, 1.82) is 0 Å². The minimum absolute atomic E-state index is 0.0211. The van der Waals surface area contributed by atoms with Crippen LogP contribution in [-0.4, -0.2) is 64.4 Å². The molecule has 5 aromatic rings. The summed E-state index contributed by atoms with van der Waals surface area (Å²) in [6.45, 7) is 0.0211. The van der Waals surface area contributed by atoms with Crippen molar-refractivity contribution in [2.45, 2.75) is 24.2 Å². The van der Waals surface area contributed by atoms with Gasteiger partial charge in [0.1, 0.15) is 11.6 Å². The van der Waals surface area contributed by atoms with Gasteiger partial charge in [-0.1, -0.05) is 36.0 Å². The fourth-order valence-electron chi connectivity index (χ4n) is 5.32. The van der Waals surface area contributed by atoms with Gasteiger partial charge in [-0.2, -0.15) is 5.10 Å². The molecule has 1 aliphatic rings. The number of carbonyl (C=O) groups is 2. The fourth-order valence-corrected chi connectivity index (χ4v) is 6.87. The van der Waals surface area contributed by atoms with Gasteiger partial charge in [0.25, 0.3) is 11.8 Å². The normalized spacial score (nSPS) is 14.0. The summed E-state index contributed by atoms with van der Waals surface area (Å²) in [5.41, 5.74) is 2.55. The number of thiophene rings is 1. The van der Waals surface area contributed by atoms with Gasteiger partial charge in [0.15, 0.2) is 22.5 Å². The molecule has 1 atom stereocenters. The lowest BCUT2D eigenvalue weighted by molar-refractivity contribution is -0.130. The van der Waals surface area contributed by atoms with Gasteiger partial charge in [0.05, 0.1) is 50.3 Å². The third-order valence-electron chi connectivity index (χ3n) is 7.61. The number of ether oxygens (including phenoxy) is 3. The van der Waals surface area contributed by atoms with Crippen molar-refractivity contribution in [3.8, 4) is 22.9 Å². The van der Waals surface area contributed by atoms with E-state index in [1.54, 1.807) is 72.6 Å². The summed E-state index contributed by atoms with van der Waals surface area (Å²) < 4.78 is 32.0. The third kappa shape index (κ3) is 6.89. The highest BCUT2D eigenvalue weighted by Crippen LogP contribution is 2.42. The highest BCUT2D eigenvalue weighted by molar-refractivity contribution is 7.99. The monoisotopic (exact) mass is 686 g/mol. The molecule has 14 heteroatoms. The molecule has 0 fully saturated rings. The van der Waals surface area contributed by atoms with E-state index in [4.69, 9.17) is 19.3 Å². The molecule has 2 aromatic heterocycles. The van der Waals surface area contributed by atoms with Crippen LogP contribution in [0.25, 0.3) is 5.69 Å². The molecule has 48 heavy (non-hydrogen) atoms. The summed E-state index contributed by atoms with van der Waals surface area (Å²) in [6.07, 6.45) is 0.489. The zero-order valence-electron chi connectivity index (χ0n) is 26.3. The van der Waals surface area contributed by atoms with Crippen LogP contribution in [0, 0.1) is 5.82 Å². The van der Waals surface area contributed by atoms with Crippen molar-refractivity contribution < 1.29 is 28.2 Å². The summed E-state index contributed by atoms with van der Waals surface area (Å²) in [6, 6.07) is 21.7. The lowest BCUT2D eigenvalue weighted by atomic mass is 9.99. The standard InChI is InChI=1S/C34H31FN6O5S2/c1-44-24-8-4-7-21(17-24)33(43)36-19-30-37-38-34(40(30)23-14-12-22(35)13-15-23)48-20-31(42)41-27(18-26(39-41)29-11-6-16-47-29)25-9-5-10-28(45-2)32(25)46-3/h4-17,27H,18-20H2,1-3H3,(H,36,43)/t27-/m0/s1. The van der Waals surface area contributed by atoms with Gasteiger partial charge in [0, 0.05) is 23.2 Å². The highest BCUT2D eigenvalue weighted by atomic mass is 32.2. The maximum atomic E-state index is 14.0. The van der Waals surface area contributed by atoms with Crippen LogP contribution in [-0.2, 0) is 11.3 Å². The first-order chi connectivity index (χ1) is 23.4. The molecule has 3 aromatic carbocycles. The number of nitrogens with zero attached hydrogens (tertiary/aromatic N) is 5. The zero-order chi connectivity index (χ0) is 33.6. The second kappa shape index (κ2) is 14.7. The zero-order valence-corrected chi connectivity index (χ0v) is 27.9. The lowest BCUT2D eigenvalue weighted by Gasteiger charge is -2.24. The molecule has 1 aliphatic heterocycles. The Bertz CT molecular complexity index is 1950. The maximum Gasteiger partial charge on any atom is 0.253 e. The van der Waals surface area contributed by atoms with E-state index < -0.39 is 11.9 Å². The van der Waals surface area contributed by atoms with E-state index in [0.717, 1.165) is 27.9 Å². The smallest absolute Gasteiger partial charge is 0.253 e. The van der Waals surface area contributed by atoms with Gasteiger partial charge in [-0.3, -0.25) is 14.2 Å². The first-order valence-corrected chi connectivity index (χ1v) is 16.7. The average Bonchev–Trinajstić information content (AvgIpc) is 3.90. The van der Waals surface area contributed by atoms with Gasteiger partial charge in [-0.05, 0) is 60.0 Å². The summed E-state index contributed by atoms with van der Waals surface area (Å²) in [5, 5.41) is 20.1. The van der Waals surface area contributed by atoms with E-state index in [-0.39, 0.29) is 24.1 Å². The van der Waals surface area contributed by atoms with Crippen molar-refractivity contribution in [2.75, 3.05) is 27.1 Å². The average molecular weight is 687 g/mol. The van der Waals surface area contributed by atoms with Crippen molar-refractivity contribution in [1.82, 2.24) is 25.1 Å². The number of carbonyl (C=O) groups excluding carboxylic acids is 2. The summed E-state index contributed by atoms with van der Waals surface area (Å²) in [4.78, 5) is 27.9. The number of para-hydroxylation sites is 1. The Balaban J connectivity index is 1.26. The number of aromatic nitrogens is 3. The first kappa shape index (κ1) is 32.7. The predicted octanol–water partition coefficient (Wildman–Crippen LogP) is 5.89. The number of nitrogens with one attached hydrogen (secondary N) is 1. The Labute approximate surface area is 284 Å². The van der Waals surface area contributed by atoms with E-state index in [9.17, 15) is 14.0 Å². The molecular formula is C34H31FN6O5S2. The molecule has 0 aliphatic carbocycles. The molecular weight excluding hydrogens is 656 g/mol. The Morgan fingerprint density at radius 2 is 1.79 bits per heavy atom. The number of halogens is 1. The van der Waals surface area contributed by atoms with Gasteiger partial charge in [0.2, 0.25) is 0 Å². The fraction of sp³-hybridized carbons (Fsp3) is 0.206. The quantitative estimate of drug-likeness (QED) is 0.161. The number of hydrogen-bond acceptors (Lipinski definition) is 10. The lowest BCUT2D eigenvalue weighted by Crippen LogP contribution is -2.29. The number of hydrazone groups is 1. The van der Waals surface area contributed by atoms with Crippen molar-refractivity contribution >= 4 is 40.6 Å². The van der Waals surface area contributed by atoms with Gasteiger partial charge in [-0.15, -0.1) is 21.5 Å². The number of benzene rings is 3. The van der Waals surface area contributed by atoms with E-state index in [0.29, 0.717) is 45.9 Å². The van der Waals surface area contributed by atoms with Crippen molar-refractivity contribution in [3.05, 3.63) is 112 Å². The van der Waals surface area contributed by atoms with Gasteiger partial charge < -0.3 is 19.5 Å². The van der Waals surface area contributed by atoms with Crippen LogP contribution in [0.4, 0.5) is 4.39 Å². The molecule has 11 nitrogen and oxygen atoms in total. The Morgan fingerprint density at radius 1 is 0.979 bits per heavy atom. The molecule has 246 valence electrons. The van der Waals surface area contributed by atoms with Crippen LogP contribution in [0.3, 0.4) is 0 Å². The summed E-state index contributed by atoms with van der Waals surface area (Å²) in [7, 11) is 4.66. The number of amides is 2. The summed E-state index contributed by atoms with van der Waals surface area (Å²) in [5.74, 6) is 1.01. The Kier molecular flexibility index (Phi) is 10.0. The van der Waals surface area contributed by atoms with Crippen LogP contribution in [0.15, 0.2) is 94.5 Å². The van der Waals surface area contributed by atoms with E-state index >= 15 is 0 Å². The van der Waals surface area contributed by atoms with Gasteiger partial charge in [-0.25, -0.2) is 9.40 Å². The van der Waals surface area contributed by atoms with Crippen LogP contribution in [0.2, 0.25) is 0 Å². The highest BCUT2D eigenvalue weighted by Gasteiger charge is 2.36. The maximum absolute atomic E-state index is 14.0. The third-order valence-corrected chi connectivity index (χ3v) is 9.45. The molecule has 0 saturated carbocycles. The minimum Gasteiger partial charge on any atom is -0.497 e. The number of methoxy groups -OCH3 is 3. The van der Waals surface area contributed by atoms with Crippen molar-refractivity contribution in [3.63, 3.8) is 0 Å². The molecule has 0 saturated heterocycles. The second-order valence-electron chi connectivity index (χ2n) is 10.5. The van der Waals surface area contributed by atoms with Crippen LogP contribution < -0.4 is 19.5 Å². The largest absolute Gasteiger partial charge is 0.497 e. The molecule has 3 heterocycles. The molecule has 0 bridgehead atoms. The molecule has 2 amide bonds. The van der Waals surface area contributed by atoms with Crippen LogP contribution in [0.5, 0.6) is 17.2 Å². The van der Waals surface area contributed by atoms with E-state index in [1.807, 2.05) is 29.6 Å². The predicted molar refractivity (Wildman–Crippen MR) is 181 cm³/mol. The van der Waals surface area contributed by atoms with E-state index in [1.165, 1.54) is 24.3 Å². The minimum atomic E-state index is -0.433. The second-order valence-corrected chi connectivity index (χ2v) is 12.4. The van der Waals surface area contributed by atoms with E-state index in [2.05, 4.69) is 15.5 Å². The first-order valence-electron chi connectivity index (χ1n) is 14.8. The topological polar surface area (TPSA) is 120 Å².